The van der Waals surface area contributed by atoms with Crippen LogP contribution in [0.4, 0.5) is 0 Å². The number of nitrogens with zero attached hydrogens (tertiary/aromatic N) is 2. The third kappa shape index (κ3) is 3.67. The van der Waals surface area contributed by atoms with E-state index in [1.807, 2.05) is 0 Å². The molecule has 0 bridgehead atoms. The topological polar surface area (TPSA) is 23.6 Å². The number of thiophene rings is 1. The Balaban J connectivity index is 1.15. The van der Waals surface area contributed by atoms with Gasteiger partial charge in [0.15, 0.2) is 5.78 Å². The van der Waals surface area contributed by atoms with Gasteiger partial charge in [-0.1, -0.05) is 24.6 Å². The molecule has 2 atom stereocenters. The molecular weight excluding hydrogens is 364 g/mol. The van der Waals surface area contributed by atoms with Crippen LogP contribution in [0.3, 0.4) is 0 Å². The lowest BCUT2D eigenvalue weighted by atomic mass is 9.99. The first kappa shape index (κ1) is 18.8. The number of carbonyl (C=O) groups excluding carboxylic acids is 1. The fraction of sp³-hybridized carbons (Fsp3) is 0.625. The Morgan fingerprint density at radius 1 is 1.07 bits per heavy atom. The first-order valence-electron chi connectivity index (χ1n) is 11.2. The smallest absolute Gasteiger partial charge is 0.176 e. The van der Waals surface area contributed by atoms with Crippen molar-refractivity contribution in [2.24, 2.45) is 11.8 Å². The van der Waals surface area contributed by atoms with Gasteiger partial charge in [0.25, 0.3) is 0 Å². The molecule has 0 N–H and O–H groups in total. The molecule has 28 heavy (non-hydrogen) atoms. The first-order valence-corrected chi connectivity index (χ1v) is 12.0. The van der Waals surface area contributed by atoms with Gasteiger partial charge in [-0.25, -0.2) is 0 Å². The van der Waals surface area contributed by atoms with E-state index in [2.05, 4.69) is 41.0 Å². The maximum atomic E-state index is 13.1. The van der Waals surface area contributed by atoms with E-state index in [1.54, 1.807) is 11.3 Å². The number of rotatable bonds is 5. The normalized spacial score (nSPS) is 27.3. The average Bonchev–Trinajstić information content (AvgIpc) is 3.43. The lowest BCUT2D eigenvalue weighted by Gasteiger charge is -2.40. The molecule has 0 spiro atoms. The van der Waals surface area contributed by atoms with E-state index in [0.717, 1.165) is 23.9 Å². The zero-order valence-corrected chi connectivity index (χ0v) is 17.8. The molecule has 1 saturated carbocycles. The number of piperidine rings is 2. The molecule has 1 aromatic carbocycles. The van der Waals surface area contributed by atoms with Crippen LogP contribution in [0.1, 0.15) is 53.8 Å². The zero-order valence-electron chi connectivity index (χ0n) is 17.0. The van der Waals surface area contributed by atoms with Gasteiger partial charge in [0.1, 0.15) is 0 Å². The van der Waals surface area contributed by atoms with Crippen LogP contribution in [-0.2, 0) is 0 Å². The maximum absolute atomic E-state index is 13.1. The van der Waals surface area contributed by atoms with E-state index < -0.39 is 0 Å². The van der Waals surface area contributed by atoms with Crippen molar-refractivity contribution in [1.82, 2.24) is 9.80 Å². The van der Waals surface area contributed by atoms with Gasteiger partial charge in [0.2, 0.25) is 0 Å². The summed E-state index contributed by atoms with van der Waals surface area (Å²) in [5.74, 6) is 1.27. The Morgan fingerprint density at radius 3 is 2.57 bits per heavy atom. The second-order valence-electron chi connectivity index (χ2n) is 9.15. The molecule has 5 rings (SSSR count). The Kier molecular flexibility index (Phi) is 5.29. The Morgan fingerprint density at radius 2 is 1.82 bits per heavy atom. The van der Waals surface area contributed by atoms with E-state index in [9.17, 15) is 4.79 Å². The van der Waals surface area contributed by atoms with Gasteiger partial charge in [-0.15, -0.1) is 11.3 Å². The highest BCUT2D eigenvalue weighted by atomic mass is 32.1. The van der Waals surface area contributed by atoms with Gasteiger partial charge in [-0.2, -0.15) is 0 Å². The van der Waals surface area contributed by atoms with Crippen molar-refractivity contribution in [3.63, 3.8) is 0 Å². The Hall–Kier alpha value is -1.23. The molecule has 2 aliphatic heterocycles. The minimum Gasteiger partial charge on any atom is -0.303 e. The summed E-state index contributed by atoms with van der Waals surface area (Å²) in [5.41, 5.74) is 1.19. The van der Waals surface area contributed by atoms with Crippen molar-refractivity contribution < 1.29 is 4.79 Å². The van der Waals surface area contributed by atoms with Crippen LogP contribution in [0, 0.1) is 18.8 Å². The number of carbonyl (C=O) groups is 1. The van der Waals surface area contributed by atoms with Crippen molar-refractivity contribution in [1.29, 1.82) is 0 Å². The molecule has 0 radical (unpaired) electrons. The number of fused-ring (bicyclic) bond motifs is 1. The molecule has 3 fully saturated rings. The van der Waals surface area contributed by atoms with E-state index >= 15 is 0 Å². The van der Waals surface area contributed by atoms with Gasteiger partial charge in [-0.05, 0) is 88.1 Å². The molecular formula is C24H32N2OS. The molecule has 0 amide bonds. The van der Waals surface area contributed by atoms with Gasteiger partial charge < -0.3 is 9.80 Å². The molecule has 3 aliphatic rings. The molecule has 2 unspecified atom stereocenters. The molecule has 150 valence electrons. The summed E-state index contributed by atoms with van der Waals surface area (Å²) in [7, 11) is 0. The summed E-state index contributed by atoms with van der Waals surface area (Å²) < 4.78 is 1.25. The van der Waals surface area contributed by atoms with Crippen LogP contribution in [0.2, 0.25) is 0 Å². The predicted molar refractivity (Wildman–Crippen MR) is 117 cm³/mol. The van der Waals surface area contributed by atoms with E-state index in [1.165, 1.54) is 73.9 Å². The Labute approximate surface area is 172 Å². The average molecular weight is 397 g/mol. The Bertz CT molecular complexity index is 845. The number of ketones is 1. The van der Waals surface area contributed by atoms with Crippen LogP contribution in [-0.4, -0.2) is 54.3 Å². The van der Waals surface area contributed by atoms with Crippen LogP contribution >= 0.6 is 11.3 Å². The molecule has 4 heteroatoms. The van der Waals surface area contributed by atoms with Crippen molar-refractivity contribution in [3.8, 4) is 0 Å². The quantitative estimate of drug-likeness (QED) is 0.666. The summed E-state index contributed by atoms with van der Waals surface area (Å²) in [4.78, 5) is 19.5. The van der Waals surface area contributed by atoms with Crippen molar-refractivity contribution >= 4 is 27.2 Å². The minimum atomic E-state index is 0.270. The number of Topliss-reactive ketones (excluding diaryl/α,β-unsaturated/α-hetero) is 1. The minimum absolute atomic E-state index is 0.270. The van der Waals surface area contributed by atoms with Gasteiger partial charge >= 0.3 is 0 Å². The van der Waals surface area contributed by atoms with E-state index in [0.29, 0.717) is 11.7 Å². The maximum Gasteiger partial charge on any atom is 0.176 e. The van der Waals surface area contributed by atoms with Gasteiger partial charge in [-0.3, -0.25) is 4.79 Å². The number of benzene rings is 1. The van der Waals surface area contributed by atoms with Crippen molar-refractivity contribution in [2.75, 3.05) is 32.7 Å². The number of hydrogen-bond donors (Lipinski definition) is 0. The molecule has 2 saturated heterocycles. The van der Waals surface area contributed by atoms with Crippen LogP contribution in [0.15, 0.2) is 24.3 Å². The monoisotopic (exact) mass is 396 g/mol. The van der Waals surface area contributed by atoms with E-state index in [-0.39, 0.29) is 5.92 Å². The summed E-state index contributed by atoms with van der Waals surface area (Å²) in [6, 6.07) is 9.24. The fourth-order valence-electron chi connectivity index (χ4n) is 5.43. The molecule has 1 aliphatic carbocycles. The number of likely N-dealkylation sites (tertiary alicyclic amines) is 2. The van der Waals surface area contributed by atoms with Crippen LogP contribution < -0.4 is 0 Å². The first-order chi connectivity index (χ1) is 13.7. The van der Waals surface area contributed by atoms with Gasteiger partial charge in [0.05, 0.1) is 4.88 Å². The van der Waals surface area contributed by atoms with Crippen molar-refractivity contribution in [2.45, 2.75) is 51.5 Å². The summed E-state index contributed by atoms with van der Waals surface area (Å²) >= 11 is 1.70. The highest BCUT2D eigenvalue weighted by Gasteiger charge is 2.45. The van der Waals surface area contributed by atoms with Gasteiger partial charge in [0, 0.05) is 23.2 Å². The lowest BCUT2D eigenvalue weighted by molar-refractivity contribution is 0.0873. The standard InChI is InChI=1S/C24H32N2OS/c1-17-20-7-3-4-8-22(20)28-24(17)23(27)21-15-18(21)16-25-13-9-19(10-14-25)26-11-5-2-6-12-26/h3-4,7-8,18-19,21H,2,5-6,9-16H2,1H3. The summed E-state index contributed by atoms with van der Waals surface area (Å²) in [6.45, 7) is 8.33. The molecule has 2 aromatic rings. The molecule has 3 nitrogen and oxygen atoms in total. The third-order valence-electron chi connectivity index (χ3n) is 7.28. The molecule has 3 heterocycles. The second-order valence-corrected chi connectivity index (χ2v) is 10.2. The number of hydrogen-bond acceptors (Lipinski definition) is 4. The predicted octanol–water partition coefficient (Wildman–Crippen LogP) is 4.98. The molecule has 1 aromatic heterocycles. The highest BCUT2D eigenvalue weighted by molar-refractivity contribution is 7.21. The van der Waals surface area contributed by atoms with Crippen LogP contribution in [0.25, 0.3) is 10.1 Å². The zero-order chi connectivity index (χ0) is 19.1. The van der Waals surface area contributed by atoms with Crippen LogP contribution in [0.5, 0.6) is 0 Å². The highest BCUT2D eigenvalue weighted by Crippen LogP contribution is 2.44. The second kappa shape index (κ2) is 7.89. The third-order valence-corrected chi connectivity index (χ3v) is 8.57. The summed E-state index contributed by atoms with van der Waals surface area (Å²) in [5, 5.41) is 1.26. The SMILES string of the molecule is Cc1c(C(=O)C2CC2CN2CCC(N3CCCCC3)CC2)sc2ccccc12. The van der Waals surface area contributed by atoms with Crippen molar-refractivity contribution in [3.05, 3.63) is 34.7 Å². The summed E-state index contributed by atoms with van der Waals surface area (Å²) in [6.07, 6.45) is 7.94. The lowest BCUT2D eigenvalue weighted by Crippen LogP contribution is -2.47. The van der Waals surface area contributed by atoms with E-state index in [4.69, 9.17) is 0 Å². The largest absolute Gasteiger partial charge is 0.303 e. The number of aryl methyl sites for hydroxylation is 1. The fourth-order valence-corrected chi connectivity index (χ4v) is 6.64.